The number of amides is 1. The van der Waals surface area contributed by atoms with Crippen LogP contribution < -0.4 is 10.1 Å². The predicted molar refractivity (Wildman–Crippen MR) is 97.8 cm³/mol. The fourth-order valence-electron chi connectivity index (χ4n) is 3.13. The zero-order valence-corrected chi connectivity index (χ0v) is 14.8. The summed E-state index contributed by atoms with van der Waals surface area (Å²) in [7, 11) is 1.64. The van der Waals surface area contributed by atoms with Gasteiger partial charge in [-0.05, 0) is 56.3 Å². The number of hydrogen-bond donors (Lipinski definition) is 2. The van der Waals surface area contributed by atoms with Crippen LogP contribution in [0, 0.1) is 0 Å². The fraction of sp³-hybridized carbons (Fsp3) is 0.474. The van der Waals surface area contributed by atoms with Gasteiger partial charge < -0.3 is 15.0 Å². The zero-order chi connectivity index (χ0) is 17.5. The van der Waals surface area contributed by atoms with E-state index in [0.29, 0.717) is 12.2 Å². The number of rotatable bonds is 6. The molecule has 2 heterocycles. The Hall–Kier alpha value is -2.34. The van der Waals surface area contributed by atoms with E-state index in [1.807, 2.05) is 24.3 Å². The van der Waals surface area contributed by atoms with E-state index in [2.05, 4.69) is 20.4 Å². The molecule has 0 atom stereocenters. The number of benzene rings is 1. The van der Waals surface area contributed by atoms with E-state index in [4.69, 9.17) is 4.74 Å². The van der Waals surface area contributed by atoms with Crippen molar-refractivity contribution in [1.82, 2.24) is 20.4 Å². The standard InChI is InChI=1S/C19H26N4O2/c1-25-16-8-6-15(7-9-16)17-14-18(22-21-17)19(24)20-10-13-23-11-4-2-3-5-12-23/h6-9,14H,2-5,10-13H2,1H3,(H,20,24)(H,21,22). The van der Waals surface area contributed by atoms with Gasteiger partial charge >= 0.3 is 0 Å². The molecule has 6 nitrogen and oxygen atoms in total. The Kier molecular flexibility index (Phi) is 6.06. The molecule has 3 rings (SSSR count). The van der Waals surface area contributed by atoms with Crippen molar-refractivity contribution in [2.45, 2.75) is 25.7 Å². The number of aromatic nitrogens is 2. The second-order valence-corrected chi connectivity index (χ2v) is 6.41. The van der Waals surface area contributed by atoms with Crippen LogP contribution in [0.2, 0.25) is 0 Å². The van der Waals surface area contributed by atoms with Gasteiger partial charge in [-0.15, -0.1) is 0 Å². The van der Waals surface area contributed by atoms with Crippen LogP contribution in [-0.4, -0.2) is 54.3 Å². The second kappa shape index (κ2) is 8.67. The Labute approximate surface area is 148 Å². The van der Waals surface area contributed by atoms with Crippen LogP contribution in [-0.2, 0) is 0 Å². The van der Waals surface area contributed by atoms with E-state index in [9.17, 15) is 4.79 Å². The van der Waals surface area contributed by atoms with Crippen LogP contribution in [0.3, 0.4) is 0 Å². The van der Waals surface area contributed by atoms with E-state index in [0.717, 1.165) is 36.6 Å². The van der Waals surface area contributed by atoms with Gasteiger partial charge in [0.2, 0.25) is 0 Å². The van der Waals surface area contributed by atoms with Crippen LogP contribution in [0.15, 0.2) is 30.3 Å². The molecular formula is C19H26N4O2. The fourth-order valence-corrected chi connectivity index (χ4v) is 3.13. The lowest BCUT2D eigenvalue weighted by molar-refractivity contribution is 0.0943. The number of aromatic amines is 1. The highest BCUT2D eigenvalue weighted by Crippen LogP contribution is 2.21. The first-order valence-corrected chi connectivity index (χ1v) is 8.96. The normalized spacial score (nSPS) is 15.6. The summed E-state index contributed by atoms with van der Waals surface area (Å²) < 4.78 is 5.15. The SMILES string of the molecule is COc1ccc(-c2cc(C(=O)NCCN3CCCCCC3)[nH]n2)cc1. The summed E-state index contributed by atoms with van der Waals surface area (Å²) in [6.45, 7) is 3.85. The maximum atomic E-state index is 12.3. The summed E-state index contributed by atoms with van der Waals surface area (Å²) in [6, 6.07) is 9.39. The summed E-state index contributed by atoms with van der Waals surface area (Å²) in [4.78, 5) is 14.7. The van der Waals surface area contributed by atoms with E-state index < -0.39 is 0 Å². The maximum Gasteiger partial charge on any atom is 0.269 e. The van der Waals surface area contributed by atoms with Crippen LogP contribution in [0.5, 0.6) is 5.75 Å². The minimum Gasteiger partial charge on any atom is -0.497 e. The molecular weight excluding hydrogens is 316 g/mol. The van der Waals surface area contributed by atoms with E-state index in [1.54, 1.807) is 13.2 Å². The number of hydrogen-bond acceptors (Lipinski definition) is 4. The molecule has 1 aliphatic heterocycles. The second-order valence-electron chi connectivity index (χ2n) is 6.41. The van der Waals surface area contributed by atoms with Crippen molar-refractivity contribution in [3.8, 4) is 17.0 Å². The maximum absolute atomic E-state index is 12.3. The Balaban J connectivity index is 1.51. The third-order valence-corrected chi connectivity index (χ3v) is 4.62. The van der Waals surface area contributed by atoms with E-state index in [-0.39, 0.29) is 5.91 Å². The third kappa shape index (κ3) is 4.82. The monoisotopic (exact) mass is 342 g/mol. The lowest BCUT2D eigenvalue weighted by Crippen LogP contribution is -2.35. The highest BCUT2D eigenvalue weighted by atomic mass is 16.5. The van der Waals surface area contributed by atoms with Crippen molar-refractivity contribution in [2.24, 2.45) is 0 Å². The lowest BCUT2D eigenvalue weighted by Gasteiger charge is -2.19. The smallest absolute Gasteiger partial charge is 0.269 e. The van der Waals surface area contributed by atoms with Crippen molar-refractivity contribution in [2.75, 3.05) is 33.3 Å². The van der Waals surface area contributed by atoms with Crippen LogP contribution in [0.1, 0.15) is 36.2 Å². The number of carbonyl (C=O) groups excluding carboxylic acids is 1. The molecule has 2 aromatic rings. The molecule has 1 aromatic carbocycles. The Morgan fingerprint density at radius 2 is 1.92 bits per heavy atom. The van der Waals surface area contributed by atoms with E-state index >= 15 is 0 Å². The molecule has 0 saturated carbocycles. The first-order chi connectivity index (χ1) is 12.3. The van der Waals surface area contributed by atoms with Crippen molar-refractivity contribution < 1.29 is 9.53 Å². The minimum atomic E-state index is -0.109. The molecule has 0 bridgehead atoms. The summed E-state index contributed by atoms with van der Waals surface area (Å²) >= 11 is 0. The van der Waals surface area contributed by atoms with Crippen molar-refractivity contribution in [1.29, 1.82) is 0 Å². The molecule has 2 N–H and O–H groups in total. The van der Waals surface area contributed by atoms with Gasteiger partial charge in [-0.3, -0.25) is 9.89 Å². The van der Waals surface area contributed by atoms with Gasteiger partial charge in [0, 0.05) is 18.7 Å². The summed E-state index contributed by atoms with van der Waals surface area (Å²) in [5, 5.41) is 10.0. The molecule has 0 aliphatic carbocycles. The quantitative estimate of drug-likeness (QED) is 0.847. The molecule has 1 fully saturated rings. The van der Waals surface area contributed by atoms with Gasteiger partial charge in [-0.25, -0.2) is 0 Å². The molecule has 1 aromatic heterocycles. The largest absolute Gasteiger partial charge is 0.497 e. The van der Waals surface area contributed by atoms with Crippen molar-refractivity contribution in [3.63, 3.8) is 0 Å². The average Bonchev–Trinajstić information content (AvgIpc) is 3.00. The summed E-state index contributed by atoms with van der Waals surface area (Å²) in [5.41, 5.74) is 2.18. The van der Waals surface area contributed by atoms with Gasteiger partial charge in [0.15, 0.2) is 0 Å². The number of ether oxygens (including phenoxy) is 1. The molecule has 134 valence electrons. The first kappa shape index (κ1) is 17.5. The minimum absolute atomic E-state index is 0.109. The Morgan fingerprint density at radius 1 is 1.20 bits per heavy atom. The van der Waals surface area contributed by atoms with Crippen LogP contribution >= 0.6 is 0 Å². The highest BCUT2D eigenvalue weighted by molar-refractivity contribution is 5.93. The number of H-pyrrole nitrogens is 1. The Bertz CT molecular complexity index is 673. The van der Waals surface area contributed by atoms with Gasteiger partial charge in [0.05, 0.1) is 12.8 Å². The average molecular weight is 342 g/mol. The third-order valence-electron chi connectivity index (χ3n) is 4.62. The highest BCUT2D eigenvalue weighted by Gasteiger charge is 2.12. The molecule has 0 spiro atoms. The van der Waals surface area contributed by atoms with Gasteiger partial charge in [0.1, 0.15) is 11.4 Å². The van der Waals surface area contributed by atoms with Crippen molar-refractivity contribution in [3.05, 3.63) is 36.0 Å². The lowest BCUT2D eigenvalue weighted by atomic mass is 10.1. The number of nitrogens with one attached hydrogen (secondary N) is 2. The molecule has 1 amide bonds. The summed E-state index contributed by atoms with van der Waals surface area (Å²) in [6.07, 6.45) is 5.18. The number of nitrogens with zero attached hydrogens (tertiary/aromatic N) is 2. The van der Waals surface area contributed by atoms with Gasteiger partial charge in [0.25, 0.3) is 5.91 Å². The first-order valence-electron chi connectivity index (χ1n) is 8.96. The van der Waals surface area contributed by atoms with E-state index in [1.165, 1.54) is 25.7 Å². The molecule has 0 radical (unpaired) electrons. The van der Waals surface area contributed by atoms with Crippen LogP contribution in [0.25, 0.3) is 11.3 Å². The number of likely N-dealkylation sites (tertiary alicyclic amines) is 1. The molecule has 1 aliphatic rings. The van der Waals surface area contributed by atoms with Crippen LogP contribution in [0.4, 0.5) is 0 Å². The Morgan fingerprint density at radius 3 is 2.60 bits per heavy atom. The molecule has 25 heavy (non-hydrogen) atoms. The predicted octanol–water partition coefficient (Wildman–Crippen LogP) is 2.69. The molecule has 1 saturated heterocycles. The zero-order valence-electron chi connectivity index (χ0n) is 14.8. The van der Waals surface area contributed by atoms with Gasteiger partial charge in [-0.2, -0.15) is 5.10 Å². The van der Waals surface area contributed by atoms with Gasteiger partial charge in [-0.1, -0.05) is 12.8 Å². The topological polar surface area (TPSA) is 70.2 Å². The number of carbonyl (C=O) groups is 1. The summed E-state index contributed by atoms with van der Waals surface area (Å²) in [5.74, 6) is 0.688. The number of methoxy groups -OCH3 is 1. The molecule has 0 unspecified atom stereocenters. The van der Waals surface area contributed by atoms with Crippen molar-refractivity contribution >= 4 is 5.91 Å². The molecule has 6 heteroatoms.